The largest absolute Gasteiger partial charge is 0.409 e. The molecule has 0 saturated carbocycles. The molecule has 112 valence electrons. The standard InChI is InChI=1S/C15H25N3O2/c1-3-4-5-6-8-12(2)20-11-13-9-7-10-17-14(13)15(16)18-19/h7,9-10,12,19H,3-6,8,11H2,1-2H3,(H2,16,18). The zero-order valence-corrected chi connectivity index (χ0v) is 12.4. The van der Waals surface area contributed by atoms with E-state index < -0.39 is 0 Å². The fourth-order valence-electron chi connectivity index (χ4n) is 2.01. The predicted molar refractivity (Wildman–Crippen MR) is 79.8 cm³/mol. The van der Waals surface area contributed by atoms with Crippen LogP contribution in [0.15, 0.2) is 23.5 Å². The summed E-state index contributed by atoms with van der Waals surface area (Å²) < 4.78 is 5.81. The van der Waals surface area contributed by atoms with E-state index in [4.69, 9.17) is 15.7 Å². The lowest BCUT2D eigenvalue weighted by Gasteiger charge is -2.14. The second-order valence-electron chi connectivity index (χ2n) is 4.97. The third kappa shape index (κ3) is 5.57. The van der Waals surface area contributed by atoms with Crippen molar-refractivity contribution < 1.29 is 9.94 Å². The lowest BCUT2D eigenvalue weighted by molar-refractivity contribution is 0.0456. The SMILES string of the molecule is CCCCCCC(C)OCc1cccnc1C(N)=NO. The van der Waals surface area contributed by atoms with Crippen molar-refractivity contribution in [1.82, 2.24) is 4.98 Å². The maximum absolute atomic E-state index is 8.74. The zero-order chi connectivity index (χ0) is 14.8. The van der Waals surface area contributed by atoms with Crippen LogP contribution in [0, 0.1) is 0 Å². The molecule has 0 amide bonds. The average Bonchev–Trinajstić information content (AvgIpc) is 2.49. The molecule has 0 saturated heterocycles. The molecule has 5 heteroatoms. The molecule has 0 fully saturated rings. The van der Waals surface area contributed by atoms with Crippen molar-refractivity contribution in [3.8, 4) is 0 Å². The van der Waals surface area contributed by atoms with Gasteiger partial charge >= 0.3 is 0 Å². The molecule has 0 radical (unpaired) electrons. The van der Waals surface area contributed by atoms with Crippen molar-refractivity contribution in [2.45, 2.75) is 58.7 Å². The molecule has 20 heavy (non-hydrogen) atoms. The van der Waals surface area contributed by atoms with Gasteiger partial charge in [-0.1, -0.05) is 43.8 Å². The number of nitrogens with zero attached hydrogens (tertiary/aromatic N) is 2. The Kier molecular flexibility index (Phi) is 7.65. The molecule has 0 aromatic carbocycles. The molecule has 0 spiro atoms. The van der Waals surface area contributed by atoms with Crippen LogP contribution in [0.25, 0.3) is 0 Å². The number of oxime groups is 1. The highest BCUT2D eigenvalue weighted by Gasteiger charge is 2.10. The summed E-state index contributed by atoms with van der Waals surface area (Å²) in [6, 6.07) is 3.70. The molecule has 0 aliphatic carbocycles. The highest BCUT2D eigenvalue weighted by atomic mass is 16.5. The highest BCUT2D eigenvalue weighted by molar-refractivity contribution is 5.96. The molecule has 1 aromatic heterocycles. The Morgan fingerprint density at radius 3 is 2.95 bits per heavy atom. The van der Waals surface area contributed by atoms with E-state index in [1.165, 1.54) is 25.7 Å². The van der Waals surface area contributed by atoms with Crippen LogP contribution in [0.3, 0.4) is 0 Å². The molecular formula is C15H25N3O2. The summed E-state index contributed by atoms with van der Waals surface area (Å²) in [5.41, 5.74) is 6.91. The minimum atomic E-state index is 0.0137. The van der Waals surface area contributed by atoms with Crippen LogP contribution in [-0.2, 0) is 11.3 Å². The van der Waals surface area contributed by atoms with Gasteiger partial charge in [0.1, 0.15) is 5.69 Å². The molecule has 0 aliphatic heterocycles. The molecule has 1 unspecified atom stereocenters. The van der Waals surface area contributed by atoms with Gasteiger partial charge in [-0.15, -0.1) is 0 Å². The van der Waals surface area contributed by atoms with Gasteiger partial charge < -0.3 is 15.7 Å². The first-order valence-corrected chi connectivity index (χ1v) is 7.22. The summed E-state index contributed by atoms with van der Waals surface area (Å²) in [5, 5.41) is 11.7. The smallest absolute Gasteiger partial charge is 0.189 e. The first-order chi connectivity index (χ1) is 9.69. The maximum atomic E-state index is 8.74. The van der Waals surface area contributed by atoms with Crippen LogP contribution in [-0.4, -0.2) is 22.1 Å². The van der Waals surface area contributed by atoms with Crippen molar-refractivity contribution >= 4 is 5.84 Å². The van der Waals surface area contributed by atoms with Crippen LogP contribution in [0.1, 0.15) is 57.2 Å². The molecule has 1 rings (SSSR count). The van der Waals surface area contributed by atoms with E-state index in [0.717, 1.165) is 12.0 Å². The number of unbranched alkanes of at least 4 members (excludes halogenated alkanes) is 3. The number of amidine groups is 1. The van der Waals surface area contributed by atoms with Crippen molar-refractivity contribution in [2.24, 2.45) is 10.9 Å². The van der Waals surface area contributed by atoms with Crippen molar-refractivity contribution in [1.29, 1.82) is 0 Å². The summed E-state index contributed by atoms with van der Waals surface area (Å²) in [6.07, 6.45) is 7.84. The molecule has 0 aliphatic rings. The van der Waals surface area contributed by atoms with Crippen molar-refractivity contribution in [3.63, 3.8) is 0 Å². The summed E-state index contributed by atoms with van der Waals surface area (Å²) in [4.78, 5) is 4.12. The third-order valence-corrected chi connectivity index (χ3v) is 3.23. The summed E-state index contributed by atoms with van der Waals surface area (Å²) in [5.74, 6) is 0.0137. The molecule has 0 bridgehead atoms. The van der Waals surface area contributed by atoms with E-state index in [9.17, 15) is 0 Å². The monoisotopic (exact) mass is 279 g/mol. The van der Waals surface area contributed by atoms with E-state index in [1.54, 1.807) is 6.20 Å². The number of aromatic nitrogens is 1. The topological polar surface area (TPSA) is 80.7 Å². The summed E-state index contributed by atoms with van der Waals surface area (Å²) in [7, 11) is 0. The number of hydrogen-bond donors (Lipinski definition) is 2. The van der Waals surface area contributed by atoms with Gasteiger partial charge in [-0.25, -0.2) is 0 Å². The van der Waals surface area contributed by atoms with Crippen LogP contribution in [0.5, 0.6) is 0 Å². The normalized spacial score (nSPS) is 13.4. The minimum absolute atomic E-state index is 0.0137. The molecular weight excluding hydrogens is 254 g/mol. The second kappa shape index (κ2) is 9.31. The van der Waals surface area contributed by atoms with Crippen LogP contribution in [0.4, 0.5) is 0 Å². The third-order valence-electron chi connectivity index (χ3n) is 3.23. The molecule has 5 nitrogen and oxygen atoms in total. The van der Waals surface area contributed by atoms with E-state index >= 15 is 0 Å². The number of ether oxygens (including phenoxy) is 1. The van der Waals surface area contributed by atoms with E-state index in [0.29, 0.717) is 12.3 Å². The van der Waals surface area contributed by atoms with Crippen LogP contribution in [0.2, 0.25) is 0 Å². The Labute approximate surface area is 120 Å². The Morgan fingerprint density at radius 1 is 1.45 bits per heavy atom. The lowest BCUT2D eigenvalue weighted by Crippen LogP contribution is -2.18. The van der Waals surface area contributed by atoms with E-state index in [2.05, 4.69) is 24.0 Å². The van der Waals surface area contributed by atoms with Gasteiger partial charge in [-0.3, -0.25) is 4.98 Å². The van der Waals surface area contributed by atoms with Crippen LogP contribution >= 0.6 is 0 Å². The molecule has 3 N–H and O–H groups in total. The van der Waals surface area contributed by atoms with E-state index in [1.807, 2.05) is 12.1 Å². The predicted octanol–water partition coefficient (Wildman–Crippen LogP) is 3.05. The van der Waals surface area contributed by atoms with Crippen LogP contribution < -0.4 is 5.73 Å². The number of nitrogens with two attached hydrogens (primary N) is 1. The quantitative estimate of drug-likeness (QED) is 0.239. The minimum Gasteiger partial charge on any atom is -0.409 e. The molecule has 1 heterocycles. The average molecular weight is 279 g/mol. The Bertz CT molecular complexity index is 421. The summed E-state index contributed by atoms with van der Waals surface area (Å²) in [6.45, 7) is 4.71. The van der Waals surface area contributed by atoms with E-state index in [-0.39, 0.29) is 11.9 Å². The number of rotatable bonds is 9. The number of hydrogen-bond acceptors (Lipinski definition) is 4. The maximum Gasteiger partial charge on any atom is 0.189 e. The van der Waals surface area contributed by atoms with Crippen molar-refractivity contribution in [3.05, 3.63) is 29.6 Å². The lowest BCUT2D eigenvalue weighted by atomic mass is 10.1. The first-order valence-electron chi connectivity index (χ1n) is 7.22. The Balaban J connectivity index is 2.45. The first kappa shape index (κ1) is 16.4. The van der Waals surface area contributed by atoms with Gasteiger partial charge in [-0.05, 0) is 19.4 Å². The molecule has 1 atom stereocenters. The fourth-order valence-corrected chi connectivity index (χ4v) is 2.01. The van der Waals surface area contributed by atoms with Gasteiger partial charge in [-0.2, -0.15) is 0 Å². The highest BCUT2D eigenvalue weighted by Crippen LogP contribution is 2.12. The number of pyridine rings is 1. The summed E-state index contributed by atoms with van der Waals surface area (Å²) >= 11 is 0. The second-order valence-corrected chi connectivity index (χ2v) is 4.97. The van der Waals surface area contributed by atoms with Gasteiger partial charge in [0, 0.05) is 11.8 Å². The Morgan fingerprint density at radius 2 is 2.25 bits per heavy atom. The van der Waals surface area contributed by atoms with Gasteiger partial charge in [0.05, 0.1) is 12.7 Å². The van der Waals surface area contributed by atoms with Gasteiger partial charge in [0.25, 0.3) is 0 Å². The fraction of sp³-hybridized carbons (Fsp3) is 0.600. The molecule has 1 aromatic rings. The Hall–Kier alpha value is -1.62. The zero-order valence-electron chi connectivity index (χ0n) is 12.4. The van der Waals surface area contributed by atoms with Crippen molar-refractivity contribution in [2.75, 3.05) is 0 Å². The van der Waals surface area contributed by atoms with Gasteiger partial charge in [0.2, 0.25) is 0 Å². The van der Waals surface area contributed by atoms with Gasteiger partial charge in [0.15, 0.2) is 5.84 Å².